The zero-order valence-electron chi connectivity index (χ0n) is 11.3. The maximum absolute atomic E-state index is 5.93. The van der Waals surface area contributed by atoms with Gasteiger partial charge in [-0.25, -0.2) is 0 Å². The van der Waals surface area contributed by atoms with Gasteiger partial charge in [0, 0.05) is 0 Å². The topological polar surface area (TPSA) is 44.5 Å². The van der Waals surface area contributed by atoms with Gasteiger partial charge in [0.1, 0.15) is 6.10 Å². The smallest absolute Gasteiger partial charge is 0.163 e. The largest absolute Gasteiger partial charge is 0.347 e. The fourth-order valence-corrected chi connectivity index (χ4v) is 2.38. The lowest BCUT2D eigenvalue weighted by molar-refractivity contribution is -0.139. The molecule has 1 heterocycles. The van der Waals surface area contributed by atoms with Crippen LogP contribution in [0.1, 0.15) is 43.9 Å². The highest BCUT2D eigenvalue weighted by atomic mass is 16.7. The van der Waals surface area contributed by atoms with E-state index in [1.54, 1.807) is 0 Å². The van der Waals surface area contributed by atoms with Gasteiger partial charge in [-0.3, -0.25) is 0 Å². The molecule has 1 aliphatic heterocycles. The Kier molecular flexibility index (Phi) is 4.38. The lowest BCUT2D eigenvalue weighted by atomic mass is 9.98. The van der Waals surface area contributed by atoms with E-state index in [4.69, 9.17) is 15.2 Å². The average molecular weight is 249 g/mol. The highest BCUT2D eigenvalue weighted by Gasteiger charge is 2.34. The Morgan fingerprint density at radius 2 is 2.06 bits per heavy atom. The third-order valence-corrected chi connectivity index (χ3v) is 3.31. The molecule has 2 N–H and O–H groups in total. The summed E-state index contributed by atoms with van der Waals surface area (Å²) in [6, 6.07) is 8.48. The Labute approximate surface area is 109 Å². The van der Waals surface area contributed by atoms with Gasteiger partial charge in [-0.1, -0.05) is 24.3 Å². The molecule has 1 unspecified atom stereocenters. The van der Waals surface area contributed by atoms with Crippen LogP contribution in [0.2, 0.25) is 0 Å². The van der Waals surface area contributed by atoms with Crippen LogP contribution in [0.5, 0.6) is 0 Å². The average Bonchev–Trinajstić information content (AvgIpc) is 2.71. The van der Waals surface area contributed by atoms with Crippen molar-refractivity contribution in [3.63, 3.8) is 0 Å². The van der Waals surface area contributed by atoms with Crippen molar-refractivity contribution in [2.75, 3.05) is 13.2 Å². The molecule has 0 aliphatic carbocycles. The molecule has 1 aromatic rings. The maximum atomic E-state index is 5.93. The first-order valence-corrected chi connectivity index (χ1v) is 6.72. The van der Waals surface area contributed by atoms with Crippen molar-refractivity contribution in [1.29, 1.82) is 0 Å². The van der Waals surface area contributed by atoms with E-state index in [2.05, 4.69) is 24.3 Å². The molecule has 1 saturated heterocycles. The van der Waals surface area contributed by atoms with E-state index in [-0.39, 0.29) is 6.10 Å². The van der Waals surface area contributed by atoms with Crippen molar-refractivity contribution >= 4 is 0 Å². The second-order valence-corrected chi connectivity index (χ2v) is 5.26. The van der Waals surface area contributed by atoms with E-state index < -0.39 is 5.79 Å². The zero-order valence-corrected chi connectivity index (χ0v) is 11.3. The molecule has 0 radical (unpaired) electrons. The number of aryl methyl sites for hydroxylation is 1. The van der Waals surface area contributed by atoms with Gasteiger partial charge in [-0.05, 0) is 50.8 Å². The quantitative estimate of drug-likeness (QED) is 0.816. The zero-order chi connectivity index (χ0) is 13.0. The van der Waals surface area contributed by atoms with Crippen LogP contribution >= 0.6 is 0 Å². The summed E-state index contributed by atoms with van der Waals surface area (Å²) in [5.41, 5.74) is 8.17. The summed E-state index contributed by atoms with van der Waals surface area (Å²) in [5.74, 6) is -0.463. The van der Waals surface area contributed by atoms with E-state index >= 15 is 0 Å². The molecule has 1 atom stereocenters. The standard InChI is InChI=1S/C15H23NO2/c1-15(2)17-11-14(18-15)13-9-4-3-7-12(13)8-5-6-10-16/h3-4,7,9,14H,5-6,8,10-11,16H2,1-2H3. The van der Waals surface area contributed by atoms with Crippen LogP contribution in [-0.2, 0) is 15.9 Å². The number of nitrogens with two attached hydrogens (primary N) is 1. The van der Waals surface area contributed by atoms with Gasteiger partial charge < -0.3 is 15.2 Å². The summed E-state index contributed by atoms with van der Waals surface area (Å²) in [6.07, 6.45) is 3.33. The molecule has 3 nitrogen and oxygen atoms in total. The maximum Gasteiger partial charge on any atom is 0.163 e. The first-order valence-electron chi connectivity index (χ1n) is 6.72. The highest BCUT2D eigenvalue weighted by Crippen LogP contribution is 2.34. The molecule has 2 rings (SSSR count). The monoisotopic (exact) mass is 249 g/mol. The van der Waals surface area contributed by atoms with Crippen molar-refractivity contribution in [2.45, 2.75) is 45.0 Å². The third-order valence-electron chi connectivity index (χ3n) is 3.31. The fraction of sp³-hybridized carbons (Fsp3) is 0.600. The van der Waals surface area contributed by atoms with Gasteiger partial charge in [-0.15, -0.1) is 0 Å². The predicted molar refractivity (Wildman–Crippen MR) is 72.3 cm³/mol. The fourth-order valence-electron chi connectivity index (χ4n) is 2.38. The second kappa shape index (κ2) is 5.83. The highest BCUT2D eigenvalue weighted by molar-refractivity contribution is 5.30. The van der Waals surface area contributed by atoms with Crippen LogP contribution in [0.25, 0.3) is 0 Å². The van der Waals surface area contributed by atoms with Crippen molar-refractivity contribution < 1.29 is 9.47 Å². The first kappa shape index (κ1) is 13.5. The van der Waals surface area contributed by atoms with Crippen LogP contribution in [0.4, 0.5) is 0 Å². The van der Waals surface area contributed by atoms with Crippen LogP contribution in [0.15, 0.2) is 24.3 Å². The van der Waals surface area contributed by atoms with Crippen LogP contribution in [-0.4, -0.2) is 18.9 Å². The number of benzene rings is 1. The van der Waals surface area contributed by atoms with Crippen LogP contribution in [0, 0.1) is 0 Å². The van der Waals surface area contributed by atoms with Crippen molar-refractivity contribution in [3.8, 4) is 0 Å². The number of rotatable bonds is 5. The summed E-state index contributed by atoms with van der Waals surface area (Å²) in [6.45, 7) is 5.33. The van der Waals surface area contributed by atoms with E-state index in [1.807, 2.05) is 13.8 Å². The Bertz CT molecular complexity index is 390. The molecule has 3 heteroatoms. The third kappa shape index (κ3) is 3.31. The minimum absolute atomic E-state index is 0.0640. The van der Waals surface area contributed by atoms with E-state index in [0.717, 1.165) is 25.8 Å². The SMILES string of the molecule is CC1(C)OCC(c2ccccc2CCCCN)O1. The molecule has 18 heavy (non-hydrogen) atoms. The van der Waals surface area contributed by atoms with Crippen molar-refractivity contribution in [3.05, 3.63) is 35.4 Å². The minimum Gasteiger partial charge on any atom is -0.347 e. The molecular weight excluding hydrogens is 226 g/mol. The molecule has 0 aromatic heterocycles. The van der Waals surface area contributed by atoms with Gasteiger partial charge >= 0.3 is 0 Å². The Hall–Kier alpha value is -0.900. The Morgan fingerprint density at radius 3 is 2.72 bits per heavy atom. The molecule has 0 amide bonds. The summed E-state index contributed by atoms with van der Waals surface area (Å²) in [7, 11) is 0. The normalized spacial score (nSPS) is 22.3. The van der Waals surface area contributed by atoms with Crippen LogP contribution < -0.4 is 5.73 Å². The lowest BCUT2D eigenvalue weighted by Crippen LogP contribution is -2.19. The van der Waals surface area contributed by atoms with Crippen molar-refractivity contribution in [2.24, 2.45) is 5.73 Å². The minimum atomic E-state index is -0.463. The van der Waals surface area contributed by atoms with Crippen LogP contribution in [0.3, 0.4) is 0 Å². The van der Waals surface area contributed by atoms with Crippen molar-refractivity contribution in [1.82, 2.24) is 0 Å². The van der Waals surface area contributed by atoms with E-state index in [1.165, 1.54) is 11.1 Å². The number of unbranched alkanes of at least 4 members (excludes halogenated alkanes) is 1. The second-order valence-electron chi connectivity index (χ2n) is 5.26. The summed E-state index contributed by atoms with van der Waals surface area (Å²) < 4.78 is 11.6. The molecule has 1 fully saturated rings. The van der Waals surface area contributed by atoms with Gasteiger partial charge in [0.05, 0.1) is 6.61 Å². The first-order chi connectivity index (χ1) is 8.62. The summed E-state index contributed by atoms with van der Waals surface area (Å²) in [5, 5.41) is 0. The van der Waals surface area contributed by atoms with E-state index in [9.17, 15) is 0 Å². The molecule has 0 saturated carbocycles. The molecule has 0 bridgehead atoms. The molecule has 1 aromatic carbocycles. The van der Waals surface area contributed by atoms with Gasteiger partial charge in [0.15, 0.2) is 5.79 Å². The molecule has 0 spiro atoms. The summed E-state index contributed by atoms with van der Waals surface area (Å²) >= 11 is 0. The Balaban J connectivity index is 2.08. The van der Waals surface area contributed by atoms with Gasteiger partial charge in [0.2, 0.25) is 0 Å². The predicted octanol–water partition coefficient (Wildman–Crippen LogP) is 2.79. The number of hydrogen-bond acceptors (Lipinski definition) is 3. The lowest BCUT2D eigenvalue weighted by Gasteiger charge is -2.19. The molecule has 1 aliphatic rings. The number of ether oxygens (including phenoxy) is 2. The van der Waals surface area contributed by atoms with Gasteiger partial charge in [-0.2, -0.15) is 0 Å². The summed E-state index contributed by atoms with van der Waals surface area (Å²) in [4.78, 5) is 0. The Morgan fingerprint density at radius 1 is 1.28 bits per heavy atom. The number of hydrogen-bond donors (Lipinski definition) is 1. The molecular formula is C15H23NO2. The molecule has 100 valence electrons. The van der Waals surface area contributed by atoms with Gasteiger partial charge in [0.25, 0.3) is 0 Å². The van der Waals surface area contributed by atoms with E-state index in [0.29, 0.717) is 6.61 Å².